The highest BCUT2D eigenvalue weighted by Crippen LogP contribution is 2.34. The minimum atomic E-state index is -0.253. The Morgan fingerprint density at radius 1 is 1.33 bits per heavy atom. The minimum absolute atomic E-state index is 0.000378. The SMILES string of the molecule is CC(C)(C)c1nc2c(S)cc(F)cc2s1. The van der Waals surface area contributed by atoms with Crippen molar-refractivity contribution in [2.45, 2.75) is 31.1 Å². The maximum Gasteiger partial charge on any atom is 0.125 e. The fraction of sp³-hybridized carbons (Fsp3) is 0.364. The molecule has 1 nitrogen and oxygen atoms in total. The molecule has 0 aliphatic carbocycles. The van der Waals surface area contributed by atoms with Gasteiger partial charge in [0.05, 0.1) is 15.2 Å². The number of thiazole rings is 1. The molecule has 0 spiro atoms. The summed E-state index contributed by atoms with van der Waals surface area (Å²) in [5.41, 5.74) is 0.801. The maximum absolute atomic E-state index is 13.1. The first-order valence-corrected chi connectivity index (χ1v) is 5.94. The van der Waals surface area contributed by atoms with Crippen LogP contribution >= 0.6 is 24.0 Å². The summed E-state index contributed by atoms with van der Waals surface area (Å²) < 4.78 is 14.0. The Bertz CT molecular complexity index is 511. The lowest BCUT2D eigenvalue weighted by Crippen LogP contribution is -2.09. The molecule has 0 saturated heterocycles. The first kappa shape index (κ1) is 10.9. The van der Waals surface area contributed by atoms with Crippen molar-refractivity contribution >= 4 is 34.2 Å². The Labute approximate surface area is 97.8 Å². The molecule has 0 bridgehead atoms. The molecule has 0 fully saturated rings. The lowest BCUT2D eigenvalue weighted by Gasteiger charge is -2.13. The van der Waals surface area contributed by atoms with Crippen molar-refractivity contribution in [3.63, 3.8) is 0 Å². The second-order valence-electron chi connectivity index (χ2n) is 4.54. The number of hydrogen-bond donors (Lipinski definition) is 1. The maximum atomic E-state index is 13.1. The molecule has 1 aromatic heterocycles. The molecule has 2 rings (SSSR count). The first-order valence-electron chi connectivity index (χ1n) is 4.67. The third-order valence-corrected chi connectivity index (χ3v) is 3.85. The number of fused-ring (bicyclic) bond motifs is 1. The average molecular weight is 241 g/mol. The van der Waals surface area contributed by atoms with Gasteiger partial charge in [0.15, 0.2) is 0 Å². The lowest BCUT2D eigenvalue weighted by atomic mass is 9.98. The van der Waals surface area contributed by atoms with Gasteiger partial charge in [-0.1, -0.05) is 20.8 Å². The molecular weight excluding hydrogens is 229 g/mol. The Balaban J connectivity index is 2.71. The quantitative estimate of drug-likeness (QED) is 0.687. The highest BCUT2D eigenvalue weighted by molar-refractivity contribution is 7.80. The van der Waals surface area contributed by atoms with Crippen molar-refractivity contribution in [1.82, 2.24) is 4.98 Å². The number of thiol groups is 1. The van der Waals surface area contributed by atoms with Gasteiger partial charge >= 0.3 is 0 Å². The van der Waals surface area contributed by atoms with Gasteiger partial charge < -0.3 is 0 Å². The summed E-state index contributed by atoms with van der Waals surface area (Å²) >= 11 is 5.77. The predicted molar refractivity (Wildman–Crippen MR) is 65.5 cm³/mol. The van der Waals surface area contributed by atoms with Crippen LogP contribution in [0.3, 0.4) is 0 Å². The predicted octanol–water partition coefficient (Wildman–Crippen LogP) is 4.02. The van der Waals surface area contributed by atoms with E-state index in [0.717, 1.165) is 15.2 Å². The largest absolute Gasteiger partial charge is 0.239 e. The van der Waals surface area contributed by atoms with E-state index in [1.54, 1.807) is 0 Å². The van der Waals surface area contributed by atoms with E-state index in [1.165, 1.54) is 23.5 Å². The second-order valence-corrected chi connectivity index (χ2v) is 6.05. The first-order chi connectivity index (χ1) is 6.88. The van der Waals surface area contributed by atoms with Gasteiger partial charge in [0, 0.05) is 10.3 Å². The molecule has 0 radical (unpaired) electrons. The van der Waals surface area contributed by atoms with Crippen LogP contribution in [0.2, 0.25) is 0 Å². The molecule has 0 aliphatic rings. The minimum Gasteiger partial charge on any atom is -0.239 e. The third-order valence-electron chi connectivity index (χ3n) is 2.08. The Morgan fingerprint density at radius 3 is 2.60 bits per heavy atom. The molecule has 4 heteroatoms. The molecule has 0 N–H and O–H groups in total. The van der Waals surface area contributed by atoms with Crippen LogP contribution in [-0.2, 0) is 5.41 Å². The van der Waals surface area contributed by atoms with Crippen molar-refractivity contribution in [1.29, 1.82) is 0 Å². The average Bonchev–Trinajstić information content (AvgIpc) is 2.46. The summed E-state index contributed by atoms with van der Waals surface area (Å²) in [5, 5.41) is 1.01. The van der Waals surface area contributed by atoms with Crippen LogP contribution in [0.15, 0.2) is 17.0 Å². The van der Waals surface area contributed by atoms with Gasteiger partial charge in [-0.2, -0.15) is 0 Å². The van der Waals surface area contributed by atoms with E-state index in [-0.39, 0.29) is 11.2 Å². The van der Waals surface area contributed by atoms with Crippen LogP contribution < -0.4 is 0 Å². The molecule has 0 saturated carbocycles. The summed E-state index contributed by atoms with van der Waals surface area (Å²) in [6, 6.07) is 2.92. The number of benzene rings is 1. The van der Waals surface area contributed by atoms with E-state index in [1.807, 2.05) is 0 Å². The standard InChI is InChI=1S/C11H12FNS2/c1-11(2,3)10-13-9-7(14)4-6(12)5-8(9)15-10/h4-5,14H,1-3H3. The zero-order valence-electron chi connectivity index (χ0n) is 8.84. The number of rotatable bonds is 0. The molecule has 0 atom stereocenters. The van der Waals surface area contributed by atoms with Crippen molar-refractivity contribution in [2.24, 2.45) is 0 Å². The van der Waals surface area contributed by atoms with Gasteiger partial charge in [0.25, 0.3) is 0 Å². The van der Waals surface area contributed by atoms with Gasteiger partial charge in [0.2, 0.25) is 0 Å². The van der Waals surface area contributed by atoms with Crippen LogP contribution in [0, 0.1) is 5.82 Å². The monoisotopic (exact) mass is 241 g/mol. The third kappa shape index (κ3) is 2.01. The highest BCUT2D eigenvalue weighted by Gasteiger charge is 2.19. The Kier molecular flexibility index (Phi) is 2.51. The summed E-state index contributed by atoms with van der Waals surface area (Å²) in [6.45, 7) is 6.29. The molecule has 0 amide bonds. The van der Waals surface area contributed by atoms with Gasteiger partial charge in [-0.3, -0.25) is 0 Å². The molecular formula is C11H12FNS2. The lowest BCUT2D eigenvalue weighted by molar-refractivity contribution is 0.586. The van der Waals surface area contributed by atoms with Crippen LogP contribution in [0.4, 0.5) is 4.39 Å². The van der Waals surface area contributed by atoms with Crippen LogP contribution in [-0.4, -0.2) is 4.98 Å². The van der Waals surface area contributed by atoms with Crippen molar-refractivity contribution < 1.29 is 4.39 Å². The molecule has 0 aliphatic heterocycles. The van der Waals surface area contributed by atoms with Crippen LogP contribution in [0.5, 0.6) is 0 Å². The molecule has 1 heterocycles. The summed E-state index contributed by atoms with van der Waals surface area (Å²) in [6.07, 6.45) is 0. The summed E-state index contributed by atoms with van der Waals surface area (Å²) in [7, 11) is 0. The highest BCUT2D eigenvalue weighted by atomic mass is 32.1. The topological polar surface area (TPSA) is 12.9 Å². The zero-order valence-corrected chi connectivity index (χ0v) is 10.5. The van der Waals surface area contributed by atoms with Gasteiger partial charge in [-0.05, 0) is 12.1 Å². The summed E-state index contributed by atoms with van der Waals surface area (Å²) in [5.74, 6) is -0.253. The van der Waals surface area contributed by atoms with Crippen molar-refractivity contribution in [2.75, 3.05) is 0 Å². The molecule has 1 aromatic carbocycles. The molecule has 0 unspecified atom stereocenters. The van der Waals surface area contributed by atoms with E-state index in [9.17, 15) is 4.39 Å². The number of halogens is 1. The second kappa shape index (κ2) is 3.46. The van der Waals surface area contributed by atoms with E-state index < -0.39 is 0 Å². The zero-order chi connectivity index (χ0) is 11.2. The van der Waals surface area contributed by atoms with Gasteiger partial charge in [-0.25, -0.2) is 9.37 Å². The Morgan fingerprint density at radius 2 is 2.00 bits per heavy atom. The van der Waals surface area contributed by atoms with E-state index in [2.05, 4.69) is 38.4 Å². The normalized spacial score (nSPS) is 12.3. The fourth-order valence-corrected chi connectivity index (χ4v) is 2.74. The van der Waals surface area contributed by atoms with E-state index in [4.69, 9.17) is 0 Å². The molecule has 80 valence electrons. The number of nitrogens with zero attached hydrogens (tertiary/aromatic N) is 1. The molecule has 2 aromatic rings. The van der Waals surface area contributed by atoms with Gasteiger partial charge in [0.1, 0.15) is 5.82 Å². The summed E-state index contributed by atoms with van der Waals surface area (Å²) in [4.78, 5) is 5.11. The van der Waals surface area contributed by atoms with Crippen molar-refractivity contribution in [3.05, 3.63) is 23.0 Å². The molecule has 15 heavy (non-hydrogen) atoms. The van der Waals surface area contributed by atoms with Crippen LogP contribution in [0.1, 0.15) is 25.8 Å². The van der Waals surface area contributed by atoms with Crippen molar-refractivity contribution in [3.8, 4) is 0 Å². The number of aromatic nitrogens is 1. The Hall–Kier alpha value is -0.610. The van der Waals surface area contributed by atoms with Gasteiger partial charge in [-0.15, -0.1) is 24.0 Å². The smallest absolute Gasteiger partial charge is 0.125 e. The van der Waals surface area contributed by atoms with E-state index >= 15 is 0 Å². The van der Waals surface area contributed by atoms with Crippen LogP contribution in [0.25, 0.3) is 10.2 Å². The fourth-order valence-electron chi connectivity index (χ4n) is 1.30. The van der Waals surface area contributed by atoms with E-state index in [0.29, 0.717) is 4.90 Å². The number of hydrogen-bond acceptors (Lipinski definition) is 3.